The molecule has 0 saturated heterocycles. The molecule has 0 saturated carbocycles. The van der Waals surface area contributed by atoms with Gasteiger partial charge in [-0.05, 0) is 31.5 Å². The molecule has 0 aliphatic rings. The number of hydrogen-bond acceptors (Lipinski definition) is 2. The Morgan fingerprint density at radius 1 is 1.50 bits per heavy atom. The lowest BCUT2D eigenvalue weighted by Crippen LogP contribution is -2.31. The van der Waals surface area contributed by atoms with Crippen LogP contribution in [-0.2, 0) is 0 Å². The number of carboxylic acid groups (broad SMARTS) is 1. The summed E-state index contributed by atoms with van der Waals surface area (Å²) in [6.07, 6.45) is -0.580. The number of benzene rings is 1. The lowest BCUT2D eigenvalue weighted by molar-refractivity contribution is 0.0975. The summed E-state index contributed by atoms with van der Waals surface area (Å²) >= 11 is 5.57. The Hall–Kier alpha value is -1.62. The average Bonchev–Trinajstić information content (AvgIpc) is 2.28. The molecule has 0 radical (unpaired) electrons. The van der Waals surface area contributed by atoms with E-state index < -0.39 is 11.9 Å². The summed E-state index contributed by atoms with van der Waals surface area (Å²) in [5, 5.41) is 10.6. The molecule has 98 valence electrons. The van der Waals surface area contributed by atoms with Crippen LogP contribution in [0.15, 0.2) is 18.2 Å². The largest absolute Gasteiger partial charge is 0.465 e. The van der Waals surface area contributed by atoms with E-state index >= 15 is 0 Å². The second-order valence-electron chi connectivity index (χ2n) is 3.94. The monoisotopic (exact) mass is 273 g/mol. The van der Waals surface area contributed by atoms with Crippen LogP contribution in [0, 0.1) is 5.82 Å². The first kappa shape index (κ1) is 14.4. The molecule has 6 heteroatoms. The summed E-state index contributed by atoms with van der Waals surface area (Å²) in [4.78, 5) is 22.1. The van der Waals surface area contributed by atoms with Crippen molar-refractivity contribution in [1.82, 2.24) is 5.32 Å². The minimum Gasteiger partial charge on any atom is -0.465 e. The van der Waals surface area contributed by atoms with Crippen molar-refractivity contribution in [2.75, 3.05) is 0 Å². The van der Waals surface area contributed by atoms with Crippen LogP contribution in [0.1, 0.15) is 30.1 Å². The van der Waals surface area contributed by atoms with Crippen molar-refractivity contribution in [2.45, 2.75) is 25.8 Å². The number of rotatable bonds is 5. The zero-order valence-electron chi connectivity index (χ0n) is 9.74. The number of ketones is 1. The number of carbonyl (C=O) groups excluding carboxylic acids is 1. The maximum absolute atomic E-state index is 12.9. The number of nitrogens with one attached hydrogen (secondary N) is 1. The van der Waals surface area contributed by atoms with Crippen molar-refractivity contribution in [3.63, 3.8) is 0 Å². The van der Waals surface area contributed by atoms with Crippen molar-refractivity contribution in [2.24, 2.45) is 0 Å². The van der Waals surface area contributed by atoms with Gasteiger partial charge in [0, 0.05) is 18.0 Å². The van der Waals surface area contributed by atoms with Gasteiger partial charge in [0.05, 0.1) is 5.02 Å². The zero-order chi connectivity index (χ0) is 13.7. The van der Waals surface area contributed by atoms with E-state index in [9.17, 15) is 14.0 Å². The molecule has 0 aliphatic carbocycles. The molecule has 0 fully saturated rings. The fraction of sp³-hybridized carbons (Fsp3) is 0.333. The quantitative estimate of drug-likeness (QED) is 0.810. The molecule has 18 heavy (non-hydrogen) atoms. The molecule has 1 unspecified atom stereocenters. The molecular formula is C12H13ClFNO3. The van der Waals surface area contributed by atoms with Gasteiger partial charge < -0.3 is 10.4 Å². The number of hydrogen-bond donors (Lipinski definition) is 2. The van der Waals surface area contributed by atoms with Crippen LogP contribution in [0.25, 0.3) is 0 Å². The Balaban J connectivity index is 2.55. The summed E-state index contributed by atoms with van der Waals surface area (Å²) in [5.41, 5.74) is 0.323. The molecule has 1 atom stereocenters. The fourth-order valence-corrected chi connectivity index (χ4v) is 1.63. The molecule has 0 aliphatic heterocycles. The molecule has 4 nitrogen and oxygen atoms in total. The first-order valence-corrected chi connectivity index (χ1v) is 5.75. The van der Waals surface area contributed by atoms with Crippen molar-refractivity contribution in [3.05, 3.63) is 34.6 Å². The van der Waals surface area contributed by atoms with Crippen LogP contribution in [0.5, 0.6) is 0 Å². The van der Waals surface area contributed by atoms with Crippen LogP contribution >= 0.6 is 11.6 Å². The van der Waals surface area contributed by atoms with Crippen molar-refractivity contribution in [3.8, 4) is 0 Å². The third-order valence-electron chi connectivity index (χ3n) is 2.42. The Morgan fingerprint density at radius 2 is 2.17 bits per heavy atom. The Labute approximate surface area is 109 Å². The van der Waals surface area contributed by atoms with Crippen molar-refractivity contribution in [1.29, 1.82) is 0 Å². The summed E-state index contributed by atoms with van der Waals surface area (Å²) < 4.78 is 12.9. The highest BCUT2D eigenvalue weighted by molar-refractivity contribution is 6.31. The SMILES string of the molecule is CC(CCC(=O)c1ccc(F)c(Cl)c1)NC(=O)O. The molecule has 0 heterocycles. The lowest BCUT2D eigenvalue weighted by Gasteiger charge is -2.10. The Kier molecular flexibility index (Phi) is 5.09. The van der Waals surface area contributed by atoms with E-state index in [0.29, 0.717) is 12.0 Å². The van der Waals surface area contributed by atoms with Gasteiger partial charge in [-0.3, -0.25) is 4.79 Å². The number of carbonyl (C=O) groups is 2. The highest BCUT2D eigenvalue weighted by Crippen LogP contribution is 2.17. The molecule has 0 aromatic heterocycles. The van der Waals surface area contributed by atoms with Gasteiger partial charge in [0.2, 0.25) is 0 Å². The van der Waals surface area contributed by atoms with Crippen molar-refractivity contribution >= 4 is 23.5 Å². The molecular weight excluding hydrogens is 261 g/mol. The third-order valence-corrected chi connectivity index (χ3v) is 2.71. The van der Waals surface area contributed by atoms with Gasteiger partial charge in [-0.25, -0.2) is 9.18 Å². The maximum Gasteiger partial charge on any atom is 0.404 e. The predicted molar refractivity (Wildman–Crippen MR) is 65.6 cm³/mol. The molecule has 0 spiro atoms. The first-order valence-electron chi connectivity index (χ1n) is 5.38. The number of halogens is 2. The first-order chi connectivity index (χ1) is 8.40. The van der Waals surface area contributed by atoms with E-state index in [2.05, 4.69) is 5.32 Å². The summed E-state index contributed by atoms with van der Waals surface area (Å²) in [6.45, 7) is 1.67. The maximum atomic E-state index is 12.9. The van der Waals surface area contributed by atoms with E-state index in [0.717, 1.165) is 6.07 Å². The van der Waals surface area contributed by atoms with Crippen LogP contribution < -0.4 is 5.32 Å². The minimum atomic E-state index is -1.13. The third kappa shape index (κ3) is 4.33. The molecule has 0 bridgehead atoms. The van der Waals surface area contributed by atoms with Gasteiger partial charge in [0.15, 0.2) is 5.78 Å². The molecule has 1 aromatic rings. The topological polar surface area (TPSA) is 66.4 Å². The van der Waals surface area contributed by atoms with E-state index in [4.69, 9.17) is 16.7 Å². The summed E-state index contributed by atoms with van der Waals surface area (Å²) in [7, 11) is 0. The normalized spacial score (nSPS) is 11.9. The summed E-state index contributed by atoms with van der Waals surface area (Å²) in [6, 6.07) is 3.45. The second-order valence-corrected chi connectivity index (χ2v) is 4.35. The average molecular weight is 274 g/mol. The standard InChI is InChI=1S/C12H13ClFNO3/c1-7(15-12(17)18)2-5-11(16)8-3-4-10(14)9(13)6-8/h3-4,6-7,15H,2,5H2,1H3,(H,17,18). The van der Waals surface area contributed by atoms with Crippen LogP contribution in [0.3, 0.4) is 0 Å². The van der Waals surface area contributed by atoms with Crippen LogP contribution in [-0.4, -0.2) is 23.0 Å². The minimum absolute atomic E-state index is 0.0995. The molecule has 2 N–H and O–H groups in total. The molecule has 1 aromatic carbocycles. The Morgan fingerprint density at radius 3 is 2.72 bits per heavy atom. The van der Waals surface area contributed by atoms with Crippen LogP contribution in [0.4, 0.5) is 9.18 Å². The number of Topliss-reactive ketones (excluding diaryl/α,β-unsaturated/α-hetero) is 1. The van der Waals surface area contributed by atoms with Gasteiger partial charge in [-0.1, -0.05) is 11.6 Å². The van der Waals surface area contributed by atoms with Gasteiger partial charge in [-0.15, -0.1) is 0 Å². The number of amides is 1. The van der Waals surface area contributed by atoms with E-state index in [-0.39, 0.29) is 23.3 Å². The highest BCUT2D eigenvalue weighted by Gasteiger charge is 2.12. The van der Waals surface area contributed by atoms with Crippen molar-refractivity contribution < 1.29 is 19.1 Å². The highest BCUT2D eigenvalue weighted by atomic mass is 35.5. The van der Waals surface area contributed by atoms with Gasteiger partial charge in [0.25, 0.3) is 0 Å². The zero-order valence-corrected chi connectivity index (χ0v) is 10.5. The molecule has 1 rings (SSSR count). The molecule has 1 amide bonds. The smallest absolute Gasteiger partial charge is 0.404 e. The van der Waals surface area contributed by atoms with E-state index in [1.165, 1.54) is 12.1 Å². The second kappa shape index (κ2) is 6.35. The Bertz CT molecular complexity index is 465. The predicted octanol–water partition coefficient (Wildman–Crippen LogP) is 3.10. The van der Waals surface area contributed by atoms with Gasteiger partial charge >= 0.3 is 6.09 Å². The van der Waals surface area contributed by atoms with E-state index in [1.807, 2.05) is 0 Å². The van der Waals surface area contributed by atoms with Gasteiger partial charge in [0.1, 0.15) is 5.82 Å². The lowest BCUT2D eigenvalue weighted by atomic mass is 10.0. The fourth-order valence-electron chi connectivity index (χ4n) is 1.44. The van der Waals surface area contributed by atoms with Gasteiger partial charge in [-0.2, -0.15) is 0 Å². The van der Waals surface area contributed by atoms with E-state index in [1.54, 1.807) is 6.92 Å². The van der Waals surface area contributed by atoms with Crippen LogP contribution in [0.2, 0.25) is 5.02 Å². The summed E-state index contributed by atoms with van der Waals surface area (Å²) in [5.74, 6) is -0.773.